The fourth-order valence-electron chi connectivity index (χ4n) is 0.885. The molecule has 0 heterocycles. The van der Waals surface area contributed by atoms with Gasteiger partial charge < -0.3 is 11.1 Å². The second-order valence-electron chi connectivity index (χ2n) is 2.90. The highest BCUT2D eigenvalue weighted by molar-refractivity contribution is 5.28. The zero-order valence-electron chi connectivity index (χ0n) is 8.92. The Morgan fingerprint density at radius 1 is 1.29 bits per heavy atom. The fraction of sp³-hybridized carbons (Fsp3) is 0.333. The van der Waals surface area contributed by atoms with Crippen molar-refractivity contribution < 1.29 is 0 Å². The van der Waals surface area contributed by atoms with E-state index in [9.17, 15) is 0 Å². The van der Waals surface area contributed by atoms with Crippen molar-refractivity contribution in [2.45, 2.75) is 13.3 Å². The Kier molecular flexibility index (Phi) is 7.56. The lowest BCUT2D eigenvalue weighted by Gasteiger charge is -2.03. The lowest BCUT2D eigenvalue weighted by atomic mass is 10.2. The maximum Gasteiger partial charge on any atom is 0.0334 e. The van der Waals surface area contributed by atoms with Gasteiger partial charge in [0.05, 0.1) is 0 Å². The Balaban J connectivity index is 4.34. The predicted molar refractivity (Wildman–Crippen MR) is 63.9 cm³/mol. The molecule has 0 rings (SSSR count). The fourth-order valence-corrected chi connectivity index (χ4v) is 0.885. The average Bonchev–Trinajstić information content (AvgIpc) is 2.23. The van der Waals surface area contributed by atoms with Gasteiger partial charge in [0, 0.05) is 18.8 Å². The number of allylic oxidation sites excluding steroid dienone is 3. The van der Waals surface area contributed by atoms with Gasteiger partial charge in [-0.25, -0.2) is 0 Å². The van der Waals surface area contributed by atoms with Crippen LogP contribution in [0.2, 0.25) is 0 Å². The molecule has 0 aromatic rings. The predicted octanol–water partition coefficient (Wildman–Crippen LogP) is 2.13. The van der Waals surface area contributed by atoms with Crippen LogP contribution in [0.25, 0.3) is 0 Å². The second-order valence-corrected chi connectivity index (χ2v) is 2.90. The normalized spacial score (nSPS) is 12.4. The first-order chi connectivity index (χ1) is 6.78. The summed E-state index contributed by atoms with van der Waals surface area (Å²) in [5.41, 5.74) is 7.53. The van der Waals surface area contributed by atoms with Gasteiger partial charge in [-0.05, 0) is 24.1 Å². The third-order valence-corrected chi connectivity index (χ3v) is 1.77. The zero-order valence-corrected chi connectivity index (χ0v) is 8.92. The zero-order chi connectivity index (χ0) is 10.8. The Bertz CT molecular complexity index is 237. The van der Waals surface area contributed by atoms with Crippen LogP contribution < -0.4 is 11.1 Å². The van der Waals surface area contributed by atoms with Crippen molar-refractivity contribution in [2.75, 3.05) is 13.1 Å². The number of rotatable bonds is 7. The van der Waals surface area contributed by atoms with Gasteiger partial charge in [-0.3, -0.25) is 0 Å². The van der Waals surface area contributed by atoms with Gasteiger partial charge in [0.2, 0.25) is 0 Å². The monoisotopic (exact) mass is 192 g/mol. The standard InChI is InChI=1S/C12H20N2/c1-4-9-14-12(6-3)8-7-11(5-2)10-13/h5-8,14H,2-4,9-10,13H2,1H3/b11-7+,12-8+. The van der Waals surface area contributed by atoms with Crippen molar-refractivity contribution in [2.24, 2.45) is 5.73 Å². The minimum atomic E-state index is 0.512. The van der Waals surface area contributed by atoms with Crippen LogP contribution in [0.1, 0.15) is 13.3 Å². The van der Waals surface area contributed by atoms with Crippen molar-refractivity contribution >= 4 is 0 Å². The van der Waals surface area contributed by atoms with Crippen molar-refractivity contribution in [3.05, 3.63) is 48.7 Å². The molecule has 0 saturated carbocycles. The molecule has 0 fully saturated rings. The molecule has 0 aliphatic heterocycles. The Morgan fingerprint density at radius 3 is 2.43 bits per heavy atom. The highest BCUT2D eigenvalue weighted by Gasteiger charge is 1.88. The maximum atomic E-state index is 5.50. The third-order valence-electron chi connectivity index (χ3n) is 1.77. The molecule has 0 bridgehead atoms. The van der Waals surface area contributed by atoms with Crippen LogP contribution in [-0.2, 0) is 0 Å². The van der Waals surface area contributed by atoms with Gasteiger partial charge in [0.25, 0.3) is 0 Å². The molecule has 0 saturated heterocycles. The van der Waals surface area contributed by atoms with Crippen molar-refractivity contribution in [3.63, 3.8) is 0 Å². The molecule has 78 valence electrons. The first-order valence-corrected chi connectivity index (χ1v) is 4.88. The molecule has 0 atom stereocenters. The minimum Gasteiger partial charge on any atom is -0.385 e. The minimum absolute atomic E-state index is 0.512. The second kappa shape index (κ2) is 8.32. The summed E-state index contributed by atoms with van der Waals surface area (Å²) in [6.07, 6.45) is 8.57. The lowest BCUT2D eigenvalue weighted by molar-refractivity contribution is 0.785. The molecule has 14 heavy (non-hydrogen) atoms. The number of hydrogen-bond donors (Lipinski definition) is 2. The van der Waals surface area contributed by atoms with Crippen LogP contribution in [0.3, 0.4) is 0 Å². The average molecular weight is 192 g/mol. The summed E-state index contributed by atoms with van der Waals surface area (Å²) < 4.78 is 0. The number of nitrogens with one attached hydrogen (secondary N) is 1. The van der Waals surface area contributed by atoms with E-state index in [-0.39, 0.29) is 0 Å². The molecule has 0 unspecified atom stereocenters. The van der Waals surface area contributed by atoms with Gasteiger partial charge in [-0.2, -0.15) is 0 Å². The van der Waals surface area contributed by atoms with Crippen LogP contribution in [0, 0.1) is 0 Å². The van der Waals surface area contributed by atoms with Crippen LogP contribution >= 0.6 is 0 Å². The Hall–Kier alpha value is -1.28. The van der Waals surface area contributed by atoms with E-state index in [0.29, 0.717) is 6.54 Å². The summed E-state index contributed by atoms with van der Waals surface area (Å²) in [6, 6.07) is 0. The van der Waals surface area contributed by atoms with E-state index >= 15 is 0 Å². The van der Waals surface area contributed by atoms with Gasteiger partial charge in [-0.1, -0.05) is 32.2 Å². The van der Waals surface area contributed by atoms with E-state index in [0.717, 1.165) is 24.2 Å². The largest absolute Gasteiger partial charge is 0.385 e. The molecule has 3 N–H and O–H groups in total. The third kappa shape index (κ3) is 5.38. The van der Waals surface area contributed by atoms with E-state index < -0.39 is 0 Å². The molecule has 0 aromatic heterocycles. The molecule has 0 amide bonds. The van der Waals surface area contributed by atoms with Crippen LogP contribution in [-0.4, -0.2) is 13.1 Å². The SMILES string of the molecule is C=C/C(=C\C=C(/C=C)NCCC)CN. The summed E-state index contributed by atoms with van der Waals surface area (Å²) in [5, 5.41) is 3.25. The molecule has 0 aromatic carbocycles. The molecule has 0 aliphatic rings. The Labute approximate surface area is 86.9 Å². The van der Waals surface area contributed by atoms with Crippen molar-refractivity contribution in [1.29, 1.82) is 0 Å². The molecule has 0 radical (unpaired) electrons. The van der Waals surface area contributed by atoms with Gasteiger partial charge in [-0.15, -0.1) is 0 Å². The van der Waals surface area contributed by atoms with Crippen molar-refractivity contribution in [1.82, 2.24) is 5.32 Å². The van der Waals surface area contributed by atoms with E-state index in [4.69, 9.17) is 5.73 Å². The summed E-state index contributed by atoms with van der Waals surface area (Å²) in [5.74, 6) is 0. The van der Waals surface area contributed by atoms with Crippen LogP contribution in [0.4, 0.5) is 0 Å². The summed E-state index contributed by atoms with van der Waals surface area (Å²) in [7, 11) is 0. The lowest BCUT2D eigenvalue weighted by Crippen LogP contribution is -2.12. The molecule has 0 spiro atoms. The van der Waals surface area contributed by atoms with E-state index in [1.54, 1.807) is 12.2 Å². The van der Waals surface area contributed by atoms with Gasteiger partial charge in [0.1, 0.15) is 0 Å². The Morgan fingerprint density at radius 2 is 2.00 bits per heavy atom. The maximum absolute atomic E-state index is 5.50. The highest BCUT2D eigenvalue weighted by atomic mass is 14.9. The van der Waals surface area contributed by atoms with Gasteiger partial charge in [0.15, 0.2) is 0 Å². The molecular weight excluding hydrogens is 172 g/mol. The summed E-state index contributed by atoms with van der Waals surface area (Å²) in [4.78, 5) is 0. The number of hydrogen-bond acceptors (Lipinski definition) is 2. The number of nitrogens with two attached hydrogens (primary N) is 1. The summed E-state index contributed by atoms with van der Waals surface area (Å²) in [6.45, 7) is 11.0. The van der Waals surface area contributed by atoms with Crippen LogP contribution in [0.15, 0.2) is 48.7 Å². The van der Waals surface area contributed by atoms with Gasteiger partial charge >= 0.3 is 0 Å². The molecule has 2 heteroatoms. The first kappa shape index (κ1) is 12.7. The van der Waals surface area contributed by atoms with E-state index in [2.05, 4.69) is 25.4 Å². The molecule has 0 aliphatic carbocycles. The first-order valence-electron chi connectivity index (χ1n) is 4.88. The topological polar surface area (TPSA) is 38.0 Å². The molecule has 2 nitrogen and oxygen atoms in total. The quantitative estimate of drug-likeness (QED) is 0.606. The molecular formula is C12H20N2. The van der Waals surface area contributed by atoms with Crippen LogP contribution in [0.5, 0.6) is 0 Å². The van der Waals surface area contributed by atoms with E-state index in [1.165, 1.54) is 0 Å². The smallest absolute Gasteiger partial charge is 0.0334 e. The van der Waals surface area contributed by atoms with E-state index in [1.807, 2.05) is 12.2 Å². The highest BCUT2D eigenvalue weighted by Crippen LogP contribution is 1.97. The van der Waals surface area contributed by atoms with Crippen molar-refractivity contribution in [3.8, 4) is 0 Å². The summed E-state index contributed by atoms with van der Waals surface area (Å²) >= 11 is 0.